The van der Waals surface area contributed by atoms with E-state index in [1.165, 1.54) is 10.9 Å². The van der Waals surface area contributed by atoms with Crippen LogP contribution in [0.4, 0.5) is 5.69 Å². The molecule has 45 heavy (non-hydrogen) atoms. The maximum absolute atomic E-state index is 13.7. The molecular formula is C34H34ClN7O3. The predicted octanol–water partition coefficient (Wildman–Crippen LogP) is 4.78. The van der Waals surface area contributed by atoms with Crippen molar-refractivity contribution in [2.45, 2.75) is 18.6 Å². The summed E-state index contributed by atoms with van der Waals surface area (Å²) in [6, 6.07) is 22.2. The molecule has 1 aliphatic heterocycles. The second-order valence-corrected chi connectivity index (χ2v) is 11.4. The van der Waals surface area contributed by atoms with Gasteiger partial charge in [0.2, 0.25) is 5.91 Å². The maximum Gasteiger partial charge on any atom is 0.270 e. The summed E-state index contributed by atoms with van der Waals surface area (Å²) >= 11 is 6.69. The van der Waals surface area contributed by atoms with Gasteiger partial charge in [-0.15, -0.1) is 0 Å². The van der Waals surface area contributed by atoms with Crippen LogP contribution < -0.4 is 16.0 Å². The Hall–Kier alpha value is -4.77. The molecule has 0 saturated carbocycles. The molecule has 1 unspecified atom stereocenters. The van der Waals surface area contributed by atoms with E-state index in [1.54, 1.807) is 25.6 Å². The minimum Gasteiger partial charge on any atom is -0.371 e. The third-order valence-electron chi connectivity index (χ3n) is 7.93. The summed E-state index contributed by atoms with van der Waals surface area (Å²) in [5.41, 5.74) is 6.63. The summed E-state index contributed by atoms with van der Waals surface area (Å²) < 4.78 is 9.34. The number of nitrogens with one attached hydrogen (secondary N) is 3. The molecule has 5 aromatic rings. The van der Waals surface area contributed by atoms with Crippen molar-refractivity contribution in [1.29, 1.82) is 0 Å². The highest BCUT2D eigenvalue weighted by Crippen LogP contribution is 2.30. The Balaban J connectivity index is 1.25. The number of amides is 2. The highest BCUT2D eigenvalue weighted by Gasteiger charge is 2.25. The first-order chi connectivity index (χ1) is 21.9. The number of rotatable bonds is 9. The lowest BCUT2D eigenvalue weighted by molar-refractivity contribution is -0.118. The molecule has 2 atom stereocenters. The molecule has 0 spiro atoms. The number of nitrogens with zero attached hydrogens (tertiary/aromatic N) is 4. The molecule has 0 aliphatic carbocycles. The second-order valence-electron chi connectivity index (χ2n) is 11.0. The Morgan fingerprint density at radius 1 is 1.04 bits per heavy atom. The molecule has 230 valence electrons. The average molecular weight is 624 g/mol. The number of benzene rings is 3. The molecular weight excluding hydrogens is 590 g/mol. The zero-order valence-electron chi connectivity index (χ0n) is 25.0. The van der Waals surface area contributed by atoms with Gasteiger partial charge in [0.1, 0.15) is 11.7 Å². The number of aromatic nitrogens is 4. The first-order valence-electron chi connectivity index (χ1n) is 14.7. The molecule has 10 nitrogen and oxygen atoms in total. The van der Waals surface area contributed by atoms with Crippen LogP contribution in [0.2, 0.25) is 5.02 Å². The number of carbonyl (C=O) groups excluding carboxylic acids is 2. The standard InChI is InChI=1S/C34H34ClN7O3/c1-41-21-37-19-31(41)22-6-9-27(10-7-22)39-33(43)29(40-34(44)30-12-13-38-42(30)2)18-26-17-24(8-11-28(26)35)23-4-3-5-25(16-23)32-20-36-14-15-45-32/h3-13,16-17,19,21,29,32,36H,14-15,18,20H2,1-2H3,(H,39,43)(H,40,44)/t29?,32-/m0/s1. The number of aryl methyl sites for hydroxylation is 2. The van der Waals surface area contributed by atoms with E-state index in [9.17, 15) is 9.59 Å². The van der Waals surface area contributed by atoms with E-state index in [-0.39, 0.29) is 18.4 Å². The van der Waals surface area contributed by atoms with Gasteiger partial charge >= 0.3 is 0 Å². The molecule has 2 aromatic heterocycles. The van der Waals surface area contributed by atoms with Crippen molar-refractivity contribution in [3.63, 3.8) is 0 Å². The van der Waals surface area contributed by atoms with Crippen molar-refractivity contribution in [3.8, 4) is 22.4 Å². The van der Waals surface area contributed by atoms with Gasteiger partial charge in [-0.05, 0) is 64.2 Å². The summed E-state index contributed by atoms with van der Waals surface area (Å²) in [6.07, 6.45) is 5.22. The van der Waals surface area contributed by atoms with E-state index in [4.69, 9.17) is 16.3 Å². The summed E-state index contributed by atoms with van der Waals surface area (Å²) in [7, 11) is 3.60. The highest BCUT2D eigenvalue weighted by molar-refractivity contribution is 6.31. The molecule has 1 aliphatic rings. The Bertz CT molecular complexity index is 1810. The summed E-state index contributed by atoms with van der Waals surface area (Å²) in [5, 5.41) is 13.8. The van der Waals surface area contributed by atoms with Gasteiger partial charge in [0.25, 0.3) is 5.91 Å². The maximum atomic E-state index is 13.7. The summed E-state index contributed by atoms with van der Waals surface area (Å²) in [4.78, 5) is 31.2. The van der Waals surface area contributed by atoms with Crippen molar-refractivity contribution in [2.75, 3.05) is 25.0 Å². The van der Waals surface area contributed by atoms with Gasteiger partial charge < -0.3 is 25.3 Å². The number of morpholine rings is 1. The largest absolute Gasteiger partial charge is 0.371 e. The van der Waals surface area contributed by atoms with Crippen molar-refractivity contribution in [3.05, 3.63) is 113 Å². The molecule has 1 fully saturated rings. The van der Waals surface area contributed by atoms with E-state index in [1.807, 2.05) is 66.2 Å². The third kappa shape index (κ3) is 6.99. The van der Waals surface area contributed by atoms with Crippen LogP contribution in [0.25, 0.3) is 22.4 Å². The van der Waals surface area contributed by atoms with Crippen LogP contribution in [-0.4, -0.2) is 56.9 Å². The molecule has 6 rings (SSSR count). The Kier molecular flexibility index (Phi) is 9.06. The van der Waals surface area contributed by atoms with Crippen LogP contribution >= 0.6 is 11.6 Å². The number of ether oxygens (including phenoxy) is 1. The first-order valence-corrected chi connectivity index (χ1v) is 15.1. The van der Waals surface area contributed by atoms with Gasteiger partial charge in [0, 0.05) is 50.5 Å². The molecule has 11 heteroatoms. The zero-order chi connectivity index (χ0) is 31.3. The molecule has 0 bridgehead atoms. The topological polar surface area (TPSA) is 115 Å². The quantitative estimate of drug-likeness (QED) is 0.218. The molecule has 0 radical (unpaired) electrons. The monoisotopic (exact) mass is 623 g/mol. The lowest BCUT2D eigenvalue weighted by Gasteiger charge is -2.24. The van der Waals surface area contributed by atoms with Crippen LogP contribution in [0.3, 0.4) is 0 Å². The van der Waals surface area contributed by atoms with Crippen LogP contribution in [0.15, 0.2) is 91.5 Å². The van der Waals surface area contributed by atoms with Crippen molar-refractivity contribution in [1.82, 2.24) is 30.0 Å². The number of carbonyl (C=O) groups is 2. The number of halogens is 1. The number of hydrogen-bond donors (Lipinski definition) is 3. The SMILES string of the molecule is Cn1cncc1-c1ccc(NC(=O)C(Cc2cc(-c3cccc([C@@H]4CNCCO4)c3)ccc2Cl)NC(=O)c2ccnn2C)cc1. The lowest BCUT2D eigenvalue weighted by Crippen LogP contribution is -2.45. The number of anilines is 1. The van der Waals surface area contributed by atoms with E-state index in [0.717, 1.165) is 46.6 Å². The van der Waals surface area contributed by atoms with Gasteiger partial charge in [-0.1, -0.05) is 48.0 Å². The van der Waals surface area contributed by atoms with Crippen LogP contribution in [0.1, 0.15) is 27.7 Å². The van der Waals surface area contributed by atoms with Gasteiger partial charge in [0.15, 0.2) is 0 Å². The highest BCUT2D eigenvalue weighted by atomic mass is 35.5. The fourth-order valence-corrected chi connectivity index (χ4v) is 5.65. The predicted molar refractivity (Wildman–Crippen MR) is 174 cm³/mol. The molecule has 3 heterocycles. The van der Waals surface area contributed by atoms with Gasteiger partial charge in [-0.25, -0.2) is 4.98 Å². The van der Waals surface area contributed by atoms with Gasteiger partial charge in [-0.2, -0.15) is 5.10 Å². The molecule has 3 N–H and O–H groups in total. The summed E-state index contributed by atoms with van der Waals surface area (Å²) in [5.74, 6) is -0.785. The van der Waals surface area contributed by atoms with Gasteiger partial charge in [-0.3, -0.25) is 14.3 Å². The average Bonchev–Trinajstić information content (AvgIpc) is 3.70. The van der Waals surface area contributed by atoms with E-state index < -0.39 is 11.9 Å². The van der Waals surface area contributed by atoms with Crippen LogP contribution in [0.5, 0.6) is 0 Å². The third-order valence-corrected chi connectivity index (χ3v) is 8.30. The molecule has 2 amide bonds. The molecule has 3 aromatic carbocycles. The smallest absolute Gasteiger partial charge is 0.270 e. The van der Waals surface area contributed by atoms with Gasteiger partial charge in [0.05, 0.1) is 30.9 Å². The number of imidazole rings is 1. The van der Waals surface area contributed by atoms with E-state index in [0.29, 0.717) is 23.0 Å². The van der Waals surface area contributed by atoms with Crippen molar-refractivity contribution < 1.29 is 14.3 Å². The second kappa shape index (κ2) is 13.5. The Labute approximate surface area is 266 Å². The van der Waals surface area contributed by atoms with E-state index in [2.05, 4.69) is 38.2 Å². The van der Waals surface area contributed by atoms with Crippen LogP contribution in [0, 0.1) is 0 Å². The van der Waals surface area contributed by atoms with E-state index >= 15 is 0 Å². The zero-order valence-corrected chi connectivity index (χ0v) is 25.8. The van der Waals surface area contributed by atoms with Crippen LogP contribution in [-0.2, 0) is 30.0 Å². The van der Waals surface area contributed by atoms with Crippen molar-refractivity contribution in [2.24, 2.45) is 14.1 Å². The Morgan fingerprint density at radius 2 is 1.84 bits per heavy atom. The lowest BCUT2D eigenvalue weighted by atomic mass is 9.96. The minimum absolute atomic E-state index is 0.0149. The fourth-order valence-electron chi connectivity index (χ4n) is 5.46. The first kappa shape index (κ1) is 30.3. The normalized spacial score (nSPS) is 15.4. The minimum atomic E-state index is -0.926. The summed E-state index contributed by atoms with van der Waals surface area (Å²) in [6.45, 7) is 2.27. The number of hydrogen-bond acceptors (Lipinski definition) is 6. The molecule has 1 saturated heterocycles. The fraction of sp³-hybridized carbons (Fsp3) is 0.235. The van der Waals surface area contributed by atoms with Crippen molar-refractivity contribution >= 4 is 29.1 Å². The Morgan fingerprint density at radius 3 is 2.56 bits per heavy atom.